The molecule has 0 radical (unpaired) electrons. The molecule has 2 N–H and O–H groups in total. The number of benzene rings is 2. The maximum Gasteiger partial charge on any atom is 0.269 e. The van der Waals surface area contributed by atoms with E-state index >= 15 is 0 Å². The van der Waals surface area contributed by atoms with E-state index in [0.29, 0.717) is 12.0 Å². The summed E-state index contributed by atoms with van der Waals surface area (Å²) in [5.74, 6) is -0.746. The Balaban J connectivity index is 1.68. The molecule has 0 heterocycles. The van der Waals surface area contributed by atoms with Crippen LogP contribution in [-0.4, -0.2) is 34.4 Å². The number of nitro groups is 2. The lowest BCUT2D eigenvalue weighted by molar-refractivity contribution is -0.385. The fourth-order valence-corrected chi connectivity index (χ4v) is 2.20. The van der Waals surface area contributed by atoms with Crippen molar-refractivity contribution in [3.63, 3.8) is 0 Å². The molecule has 0 aliphatic heterocycles. The molecule has 0 saturated heterocycles. The summed E-state index contributed by atoms with van der Waals surface area (Å²) in [6, 6.07) is 10.9. The zero-order valence-corrected chi connectivity index (χ0v) is 15.1. The largest absolute Gasteiger partial charge is 0.352 e. The number of nitro benzene ring substituents is 2. The fourth-order valence-electron chi connectivity index (χ4n) is 2.20. The van der Waals surface area contributed by atoms with Gasteiger partial charge in [-0.05, 0) is 36.2 Å². The molecule has 0 aromatic heterocycles. The lowest BCUT2D eigenvalue weighted by atomic mass is 10.2. The van der Waals surface area contributed by atoms with E-state index in [1.807, 2.05) is 0 Å². The lowest BCUT2D eigenvalue weighted by Gasteiger charge is -2.05. The van der Waals surface area contributed by atoms with E-state index in [2.05, 4.69) is 15.8 Å². The number of rotatable bonds is 9. The molecule has 29 heavy (non-hydrogen) atoms. The molecule has 0 bridgehead atoms. The molecule has 2 aromatic carbocycles. The topological polar surface area (TPSA) is 157 Å². The second-order valence-electron chi connectivity index (χ2n) is 5.81. The van der Waals surface area contributed by atoms with Gasteiger partial charge in [0.1, 0.15) is 0 Å². The summed E-state index contributed by atoms with van der Waals surface area (Å²) in [5, 5.41) is 27.5. The number of hydrogen-bond donors (Lipinski definition) is 2. The summed E-state index contributed by atoms with van der Waals surface area (Å²) < 4.78 is 0. The minimum absolute atomic E-state index is 0.0399. The van der Waals surface area contributed by atoms with Gasteiger partial charge in [0.15, 0.2) is 0 Å². The highest BCUT2D eigenvalue weighted by atomic mass is 16.6. The van der Waals surface area contributed by atoms with Gasteiger partial charge in [-0.3, -0.25) is 29.8 Å². The van der Waals surface area contributed by atoms with Crippen LogP contribution < -0.4 is 10.7 Å². The van der Waals surface area contributed by atoms with E-state index in [4.69, 9.17) is 0 Å². The molecule has 0 atom stereocenters. The smallest absolute Gasteiger partial charge is 0.269 e. The Labute approximate surface area is 164 Å². The van der Waals surface area contributed by atoms with Gasteiger partial charge in [-0.25, -0.2) is 5.43 Å². The van der Waals surface area contributed by atoms with Gasteiger partial charge in [-0.15, -0.1) is 0 Å². The van der Waals surface area contributed by atoms with Gasteiger partial charge < -0.3 is 5.32 Å². The molecule has 0 aliphatic carbocycles. The van der Waals surface area contributed by atoms with E-state index in [-0.39, 0.29) is 35.8 Å². The van der Waals surface area contributed by atoms with Crippen molar-refractivity contribution in [2.75, 3.05) is 6.54 Å². The number of nitrogens with zero attached hydrogens (tertiary/aromatic N) is 3. The quantitative estimate of drug-likeness (QED) is 0.285. The Morgan fingerprint density at radius 2 is 1.48 bits per heavy atom. The number of hydrazone groups is 1. The van der Waals surface area contributed by atoms with Crippen molar-refractivity contribution in [1.29, 1.82) is 0 Å². The van der Waals surface area contributed by atoms with Crippen LogP contribution >= 0.6 is 0 Å². The predicted molar refractivity (Wildman–Crippen MR) is 103 cm³/mol. The van der Waals surface area contributed by atoms with Crippen molar-refractivity contribution in [1.82, 2.24) is 10.7 Å². The molecule has 0 spiro atoms. The number of carbonyl (C=O) groups is 2. The van der Waals surface area contributed by atoms with Crippen molar-refractivity contribution in [2.24, 2.45) is 5.10 Å². The third-order valence-electron chi connectivity index (χ3n) is 3.71. The van der Waals surface area contributed by atoms with Crippen LogP contribution in [-0.2, 0) is 4.79 Å². The standard InChI is InChI=1S/C18H17N5O6/c24-17(21-20-12-13-3-7-15(8-4-13)22(26)27)2-1-11-19-18(25)14-5-9-16(10-6-14)23(28)29/h3-10,12H,1-2,11H2,(H,19,25)(H,21,24)/b20-12+. The number of non-ortho nitro benzene ring substituents is 2. The van der Waals surface area contributed by atoms with Gasteiger partial charge in [0.25, 0.3) is 17.3 Å². The molecule has 0 unspecified atom stereocenters. The van der Waals surface area contributed by atoms with Crippen LogP contribution in [0.4, 0.5) is 11.4 Å². The third-order valence-corrected chi connectivity index (χ3v) is 3.71. The first-order valence-corrected chi connectivity index (χ1v) is 8.46. The SMILES string of the molecule is O=C(CCCNC(=O)c1ccc([N+](=O)[O-])cc1)N/N=C/c1ccc([N+](=O)[O-])cc1. The Hall–Kier alpha value is -4.15. The molecule has 0 fully saturated rings. The maximum atomic E-state index is 11.9. The molecular formula is C18H17N5O6. The van der Waals surface area contributed by atoms with Gasteiger partial charge >= 0.3 is 0 Å². The number of nitrogens with one attached hydrogen (secondary N) is 2. The van der Waals surface area contributed by atoms with Crippen LogP contribution in [0, 0.1) is 20.2 Å². The molecule has 2 amide bonds. The summed E-state index contributed by atoms with van der Waals surface area (Å²) in [6.45, 7) is 0.245. The second-order valence-corrected chi connectivity index (χ2v) is 5.81. The van der Waals surface area contributed by atoms with Crippen LogP contribution in [0.2, 0.25) is 0 Å². The molecule has 11 heteroatoms. The molecule has 2 rings (SSSR count). The summed E-state index contributed by atoms with van der Waals surface area (Å²) in [7, 11) is 0. The monoisotopic (exact) mass is 399 g/mol. The molecule has 11 nitrogen and oxygen atoms in total. The lowest BCUT2D eigenvalue weighted by Crippen LogP contribution is -2.26. The van der Waals surface area contributed by atoms with E-state index in [9.17, 15) is 29.8 Å². The van der Waals surface area contributed by atoms with E-state index < -0.39 is 15.8 Å². The maximum absolute atomic E-state index is 11.9. The first kappa shape index (κ1) is 21.2. The van der Waals surface area contributed by atoms with Gasteiger partial charge in [-0.1, -0.05) is 0 Å². The zero-order chi connectivity index (χ0) is 21.2. The van der Waals surface area contributed by atoms with Crippen LogP contribution in [0.25, 0.3) is 0 Å². The van der Waals surface area contributed by atoms with Crippen molar-refractivity contribution in [3.8, 4) is 0 Å². The minimum atomic E-state index is -0.551. The van der Waals surface area contributed by atoms with Gasteiger partial charge in [0, 0.05) is 42.8 Å². The van der Waals surface area contributed by atoms with E-state index in [0.717, 1.165) is 0 Å². The fraction of sp³-hybridized carbons (Fsp3) is 0.167. The molecule has 150 valence electrons. The Morgan fingerprint density at radius 1 is 0.931 bits per heavy atom. The van der Waals surface area contributed by atoms with Crippen molar-refractivity contribution >= 4 is 29.4 Å². The van der Waals surface area contributed by atoms with Gasteiger partial charge in [0.05, 0.1) is 16.1 Å². The highest BCUT2D eigenvalue weighted by molar-refractivity contribution is 5.94. The minimum Gasteiger partial charge on any atom is -0.352 e. The van der Waals surface area contributed by atoms with Crippen molar-refractivity contribution in [3.05, 3.63) is 79.9 Å². The molecular weight excluding hydrogens is 382 g/mol. The predicted octanol–water partition coefficient (Wildman–Crippen LogP) is 2.16. The Bertz CT molecular complexity index is 925. The van der Waals surface area contributed by atoms with E-state index in [1.165, 1.54) is 54.7 Å². The first-order valence-electron chi connectivity index (χ1n) is 8.46. The van der Waals surface area contributed by atoms with Crippen molar-refractivity contribution in [2.45, 2.75) is 12.8 Å². The molecule has 0 saturated carbocycles. The average Bonchev–Trinajstić information content (AvgIpc) is 2.71. The summed E-state index contributed by atoms with van der Waals surface area (Å²) in [4.78, 5) is 43.7. The zero-order valence-electron chi connectivity index (χ0n) is 15.1. The Kier molecular flexibility index (Phi) is 7.48. The van der Waals surface area contributed by atoms with E-state index in [1.54, 1.807) is 0 Å². The average molecular weight is 399 g/mol. The van der Waals surface area contributed by atoms with Crippen LogP contribution in [0.15, 0.2) is 53.6 Å². The normalized spacial score (nSPS) is 10.5. The Morgan fingerprint density at radius 3 is 2.03 bits per heavy atom. The first-order chi connectivity index (χ1) is 13.9. The highest BCUT2D eigenvalue weighted by Gasteiger charge is 2.09. The highest BCUT2D eigenvalue weighted by Crippen LogP contribution is 2.12. The number of carbonyl (C=O) groups excluding carboxylic acids is 2. The van der Waals surface area contributed by atoms with Crippen LogP contribution in [0.1, 0.15) is 28.8 Å². The molecule has 2 aromatic rings. The molecule has 0 aliphatic rings. The number of amides is 2. The van der Waals surface area contributed by atoms with Crippen LogP contribution in [0.5, 0.6) is 0 Å². The van der Waals surface area contributed by atoms with Crippen LogP contribution in [0.3, 0.4) is 0 Å². The van der Waals surface area contributed by atoms with Crippen molar-refractivity contribution < 1.29 is 19.4 Å². The number of hydrogen-bond acceptors (Lipinski definition) is 7. The summed E-state index contributed by atoms with van der Waals surface area (Å²) >= 11 is 0. The second kappa shape index (κ2) is 10.3. The summed E-state index contributed by atoms with van der Waals surface area (Å²) in [5.41, 5.74) is 3.06. The van der Waals surface area contributed by atoms with Gasteiger partial charge in [0.2, 0.25) is 5.91 Å². The van der Waals surface area contributed by atoms with Gasteiger partial charge in [-0.2, -0.15) is 5.10 Å². The summed E-state index contributed by atoms with van der Waals surface area (Å²) in [6.07, 6.45) is 1.85. The third kappa shape index (κ3) is 6.82.